The Bertz CT molecular complexity index is 1240. The van der Waals surface area contributed by atoms with E-state index in [2.05, 4.69) is 10.1 Å². The molecular weight excluding hydrogens is 460 g/mol. The summed E-state index contributed by atoms with van der Waals surface area (Å²) in [5.41, 5.74) is 2.25. The molecule has 0 spiro atoms. The molecule has 1 unspecified atom stereocenters. The second-order valence-electron chi connectivity index (χ2n) is 7.66. The zero-order chi connectivity index (χ0) is 24.4. The highest BCUT2D eigenvalue weighted by Gasteiger charge is 2.41. The van der Waals surface area contributed by atoms with Crippen LogP contribution in [0.4, 0.5) is 4.79 Å². The number of benzene rings is 2. The van der Waals surface area contributed by atoms with Gasteiger partial charge in [0.15, 0.2) is 5.82 Å². The maximum absolute atomic E-state index is 13.3. The van der Waals surface area contributed by atoms with E-state index in [1.54, 1.807) is 69.6 Å². The van der Waals surface area contributed by atoms with Crippen molar-refractivity contribution in [2.75, 3.05) is 21.3 Å². The van der Waals surface area contributed by atoms with Gasteiger partial charge in [-0.2, -0.15) is 4.98 Å². The molecule has 3 aromatic rings. The van der Waals surface area contributed by atoms with Crippen LogP contribution in [0, 0.1) is 0 Å². The van der Waals surface area contributed by atoms with E-state index >= 15 is 0 Å². The van der Waals surface area contributed by atoms with Gasteiger partial charge in [-0.1, -0.05) is 28.9 Å². The van der Waals surface area contributed by atoms with E-state index in [-0.39, 0.29) is 18.4 Å². The van der Waals surface area contributed by atoms with Gasteiger partial charge in [0.05, 0.1) is 32.4 Å². The lowest BCUT2D eigenvalue weighted by atomic mass is 9.93. The third-order valence-electron chi connectivity index (χ3n) is 5.72. The zero-order valence-electron chi connectivity index (χ0n) is 19.1. The number of hydrogen-bond donors (Lipinski definition) is 0. The monoisotopic (exact) mass is 482 g/mol. The predicted octanol–water partition coefficient (Wildman–Crippen LogP) is 4.45. The first kappa shape index (κ1) is 23.3. The number of methoxy groups -OCH3 is 2. The molecule has 4 rings (SSSR count). The molecule has 0 saturated heterocycles. The summed E-state index contributed by atoms with van der Waals surface area (Å²) in [5.74, 6) is 0.760. The van der Waals surface area contributed by atoms with Crippen LogP contribution in [0.15, 0.2) is 64.3 Å². The predicted molar refractivity (Wildman–Crippen MR) is 124 cm³/mol. The van der Waals surface area contributed by atoms with Crippen LogP contribution < -0.4 is 4.74 Å². The number of allylic oxidation sites excluding steroid dienone is 1. The van der Waals surface area contributed by atoms with E-state index < -0.39 is 12.0 Å². The van der Waals surface area contributed by atoms with Gasteiger partial charge >= 0.3 is 12.0 Å². The van der Waals surface area contributed by atoms with Gasteiger partial charge < -0.3 is 23.8 Å². The number of ether oxygens (including phenoxy) is 2. The molecule has 34 heavy (non-hydrogen) atoms. The van der Waals surface area contributed by atoms with E-state index in [1.807, 2.05) is 0 Å². The molecule has 10 heteroatoms. The lowest BCUT2D eigenvalue weighted by Gasteiger charge is -2.41. The van der Waals surface area contributed by atoms with Crippen LogP contribution in [-0.4, -0.2) is 53.2 Å². The first-order valence-corrected chi connectivity index (χ1v) is 10.8. The molecule has 176 valence electrons. The highest BCUT2D eigenvalue weighted by Crippen LogP contribution is 2.38. The summed E-state index contributed by atoms with van der Waals surface area (Å²) in [7, 11) is 4.50. The molecule has 1 atom stereocenters. The van der Waals surface area contributed by atoms with Crippen LogP contribution in [0.25, 0.3) is 11.5 Å². The van der Waals surface area contributed by atoms with E-state index in [1.165, 1.54) is 16.9 Å². The quantitative estimate of drug-likeness (QED) is 0.478. The summed E-state index contributed by atoms with van der Waals surface area (Å²) in [6, 6.07) is 13.1. The summed E-state index contributed by atoms with van der Waals surface area (Å²) >= 11 is 6.07. The number of carbonyl (C=O) groups is 2. The van der Waals surface area contributed by atoms with Gasteiger partial charge in [-0.15, -0.1) is 0 Å². The highest BCUT2D eigenvalue weighted by atomic mass is 35.5. The van der Waals surface area contributed by atoms with Crippen molar-refractivity contribution in [3.8, 4) is 17.2 Å². The number of halogens is 1. The molecule has 0 bridgehead atoms. The first-order chi connectivity index (χ1) is 16.3. The van der Waals surface area contributed by atoms with Crippen molar-refractivity contribution < 1.29 is 23.6 Å². The lowest BCUT2D eigenvalue weighted by molar-refractivity contribution is -0.137. The number of hydrogen-bond acceptors (Lipinski definition) is 7. The standard InChI is InChI=1S/C24H23ClN4O5/c1-14-20(23(30)33-4)21(15-5-9-17(25)10-6-15)29(24(31)28(14)2)13-19-26-22(34-27-19)16-7-11-18(32-3)12-8-16/h5-12,21H,13H2,1-4H3. The number of aromatic nitrogens is 2. The topological polar surface area (TPSA) is 98.0 Å². The van der Waals surface area contributed by atoms with Crippen molar-refractivity contribution in [1.82, 2.24) is 19.9 Å². The Labute approximate surface area is 201 Å². The molecule has 9 nitrogen and oxygen atoms in total. The molecule has 1 aromatic heterocycles. The molecule has 0 saturated carbocycles. The summed E-state index contributed by atoms with van der Waals surface area (Å²) in [5, 5.41) is 4.60. The largest absolute Gasteiger partial charge is 0.497 e. The van der Waals surface area contributed by atoms with E-state index in [9.17, 15) is 9.59 Å². The van der Waals surface area contributed by atoms with E-state index in [0.29, 0.717) is 39.1 Å². The van der Waals surface area contributed by atoms with E-state index in [4.69, 9.17) is 25.6 Å². The van der Waals surface area contributed by atoms with Crippen LogP contribution >= 0.6 is 11.6 Å². The molecule has 1 aliphatic rings. The molecule has 2 amide bonds. The smallest absolute Gasteiger partial charge is 0.337 e. The SMILES string of the molecule is COC(=O)C1=C(C)N(C)C(=O)N(Cc2noc(-c3ccc(OC)cc3)n2)C1c1ccc(Cl)cc1. The fourth-order valence-corrected chi connectivity index (χ4v) is 3.95. The van der Waals surface area contributed by atoms with Gasteiger partial charge in [-0.3, -0.25) is 0 Å². The minimum Gasteiger partial charge on any atom is -0.497 e. The molecule has 1 aliphatic heterocycles. The van der Waals surface area contributed by atoms with Crippen molar-refractivity contribution >= 4 is 23.6 Å². The van der Waals surface area contributed by atoms with Gasteiger partial charge in [0.2, 0.25) is 0 Å². The summed E-state index contributed by atoms with van der Waals surface area (Å²) in [6.45, 7) is 1.71. The highest BCUT2D eigenvalue weighted by molar-refractivity contribution is 6.30. The van der Waals surface area contributed by atoms with Gasteiger partial charge in [-0.25, -0.2) is 9.59 Å². The van der Waals surface area contributed by atoms with Crippen LogP contribution in [0.2, 0.25) is 5.02 Å². The summed E-state index contributed by atoms with van der Waals surface area (Å²) < 4.78 is 15.7. The second-order valence-corrected chi connectivity index (χ2v) is 8.09. The fraction of sp³-hybridized carbons (Fsp3) is 0.250. The second kappa shape index (κ2) is 9.56. The Morgan fingerprint density at radius 3 is 2.41 bits per heavy atom. The van der Waals surface area contributed by atoms with Crippen molar-refractivity contribution in [1.29, 1.82) is 0 Å². The molecule has 0 N–H and O–H groups in total. The molecule has 2 heterocycles. The van der Waals surface area contributed by atoms with E-state index in [0.717, 1.165) is 0 Å². The number of nitrogens with zero attached hydrogens (tertiary/aromatic N) is 4. The van der Waals surface area contributed by atoms with Crippen LogP contribution in [-0.2, 0) is 16.1 Å². The summed E-state index contributed by atoms with van der Waals surface area (Å²) in [4.78, 5) is 33.5. The van der Waals surface area contributed by atoms with Gasteiger partial charge in [-0.05, 0) is 48.9 Å². The number of carbonyl (C=O) groups excluding carboxylic acids is 2. The zero-order valence-corrected chi connectivity index (χ0v) is 19.9. The normalized spacial score (nSPS) is 16.1. The third-order valence-corrected chi connectivity index (χ3v) is 5.97. The van der Waals surface area contributed by atoms with Crippen molar-refractivity contribution in [3.63, 3.8) is 0 Å². The molecule has 0 fully saturated rings. The minimum absolute atomic E-state index is 0.00386. The van der Waals surface area contributed by atoms with Gasteiger partial charge in [0.1, 0.15) is 5.75 Å². The first-order valence-electron chi connectivity index (χ1n) is 10.4. The van der Waals surface area contributed by atoms with Gasteiger partial charge in [0.25, 0.3) is 5.89 Å². The Morgan fingerprint density at radius 1 is 1.12 bits per heavy atom. The Hall–Kier alpha value is -3.85. The number of rotatable bonds is 6. The maximum atomic E-state index is 13.3. The molecule has 2 aromatic carbocycles. The average molecular weight is 483 g/mol. The minimum atomic E-state index is -0.726. The Morgan fingerprint density at radius 2 is 1.79 bits per heavy atom. The molecule has 0 aliphatic carbocycles. The van der Waals surface area contributed by atoms with Crippen LogP contribution in [0.5, 0.6) is 5.75 Å². The van der Waals surface area contributed by atoms with Crippen molar-refractivity contribution in [2.24, 2.45) is 0 Å². The number of amides is 2. The number of urea groups is 1. The van der Waals surface area contributed by atoms with Gasteiger partial charge in [0, 0.05) is 23.3 Å². The van der Waals surface area contributed by atoms with Crippen molar-refractivity contribution in [3.05, 3.63) is 76.2 Å². The third kappa shape index (κ3) is 4.34. The number of esters is 1. The maximum Gasteiger partial charge on any atom is 0.337 e. The molecular formula is C24H23ClN4O5. The summed E-state index contributed by atoms with van der Waals surface area (Å²) in [6.07, 6.45) is 0. The molecule has 0 radical (unpaired) electrons. The fourth-order valence-electron chi connectivity index (χ4n) is 3.82. The lowest BCUT2D eigenvalue weighted by Crippen LogP contribution is -2.48. The Kier molecular flexibility index (Phi) is 6.56. The average Bonchev–Trinajstić information content (AvgIpc) is 3.33. The van der Waals surface area contributed by atoms with Crippen molar-refractivity contribution in [2.45, 2.75) is 19.5 Å². The Balaban J connectivity index is 1.72. The van der Waals surface area contributed by atoms with Crippen LogP contribution in [0.1, 0.15) is 24.4 Å². The van der Waals surface area contributed by atoms with Crippen LogP contribution in [0.3, 0.4) is 0 Å².